The van der Waals surface area contributed by atoms with Crippen molar-refractivity contribution in [3.05, 3.63) is 5.56 Å². The van der Waals surface area contributed by atoms with Crippen molar-refractivity contribution < 1.29 is 305 Å². The van der Waals surface area contributed by atoms with Crippen molar-refractivity contribution in [2.24, 2.45) is 0 Å². The first kappa shape index (κ1) is 27.7. The van der Waals surface area contributed by atoms with Crippen LogP contribution in [0.1, 0.15) is 5.56 Å². The maximum atomic E-state index is 6.86. The summed E-state index contributed by atoms with van der Waals surface area (Å²) in [5.74, 6) is 2.67. The Balaban J connectivity index is 2.39. The van der Waals surface area contributed by atoms with Crippen LogP contribution in [0.4, 0.5) is 17.1 Å². The molecule has 0 unspecified atom stereocenters. The fourth-order valence-electron chi connectivity index (χ4n) is 4.29. The van der Waals surface area contributed by atoms with Crippen molar-refractivity contribution in [3.8, 4) is 11.5 Å². The second-order valence-corrected chi connectivity index (χ2v) is 36.0. The summed E-state index contributed by atoms with van der Waals surface area (Å²) < 4.78 is 20.1. The molecule has 0 bridgehead atoms. The Labute approximate surface area is 355 Å². The standard InChI is InChI=1S/C15H9N2O.7Ra.7H/c1-10-4-6-12-14(8-10)18-15-9-11(17(2)3)5-7-13(15)16-12;;;;;;;;;;;;;;/h1-3H3;;;;;;;;;;;;;;/q-1;;;;;;;+1;;;;;;;. The summed E-state index contributed by atoms with van der Waals surface area (Å²) in [7, 11) is 4.49. The molecular weight excluding hydrogens is 1810 g/mol. The molecule has 0 spiro atoms. The van der Waals surface area contributed by atoms with Gasteiger partial charge in [0.1, 0.15) is 0 Å². The summed E-state index contributed by atoms with van der Waals surface area (Å²) >= 11 is 2.53. The molecule has 1 heterocycles. The summed E-state index contributed by atoms with van der Waals surface area (Å²) in [6.07, 6.45) is 0. The first-order valence-corrected chi connectivity index (χ1v) is 37.3. The number of rotatable bonds is 1. The van der Waals surface area contributed by atoms with Crippen LogP contribution in [0.15, 0.2) is 0 Å². The third-order valence-corrected chi connectivity index (χ3v) is 73.6. The number of hydrogen-bond acceptors (Lipinski definition) is 3. The molecule has 0 saturated heterocycles. The van der Waals surface area contributed by atoms with Gasteiger partial charge in [-0.3, -0.25) is 0 Å². The molecule has 0 N–H and O–H groups in total. The van der Waals surface area contributed by atoms with Crippen LogP contribution >= 0.6 is 0 Å². The van der Waals surface area contributed by atoms with Crippen LogP contribution in [-0.4, -0.2) is 14.1 Å². The Morgan fingerprint density at radius 2 is 1.20 bits per heavy atom. The Morgan fingerprint density at radius 3 is 1.72 bits per heavy atom. The van der Waals surface area contributed by atoms with Gasteiger partial charge >= 0.3 is 369 Å². The molecule has 0 radical (unpaired) electrons. The van der Waals surface area contributed by atoms with Gasteiger partial charge in [0.05, 0.1) is 0 Å². The van der Waals surface area contributed by atoms with Gasteiger partial charge < -0.3 is 0 Å². The van der Waals surface area contributed by atoms with Crippen molar-refractivity contribution >= 4 is 20.7 Å². The van der Waals surface area contributed by atoms with E-state index in [2.05, 4.69) is 26.4 Å². The summed E-state index contributed by atoms with van der Waals surface area (Å²) in [4.78, 5) is 2.39. The zero-order valence-corrected chi connectivity index (χ0v) is 74.8. The van der Waals surface area contributed by atoms with Crippen LogP contribution < -0.4 is 13.7 Å². The molecule has 0 atom stereocenters. The minimum absolute atomic E-state index is 0.287. The van der Waals surface area contributed by atoms with Crippen LogP contribution in [0.2, 0.25) is 0 Å². The van der Waals surface area contributed by atoms with E-state index in [1.165, 1.54) is 11.5 Å². The minimum atomic E-state index is 0.287. The normalized spacial score (nSPS) is 12.1. The summed E-state index contributed by atoms with van der Waals surface area (Å²) in [6, 6.07) is 0. The van der Waals surface area contributed by atoms with E-state index in [1.807, 2.05) is 0.604 Å². The molecule has 2 aromatic carbocycles. The second kappa shape index (κ2) is 11.9. The van der Waals surface area contributed by atoms with Crippen molar-refractivity contribution in [1.82, 2.24) is 0 Å². The first-order chi connectivity index (χ1) is 11.6. The number of benzene rings is 2. The Kier molecular flexibility index (Phi) is 13.2. The monoisotopic (exact) mass is 1820 g/mol. The van der Waals surface area contributed by atoms with Gasteiger partial charge in [0.25, 0.3) is 0 Å². The fourth-order valence-corrected chi connectivity index (χ4v) is 62.4. The van der Waals surface area contributed by atoms with Crippen molar-refractivity contribution in [2.45, 2.75) is 6.92 Å². The van der Waals surface area contributed by atoms with E-state index < -0.39 is 0 Å². The first-order valence-electron chi connectivity index (χ1n) is 8.92. The molecule has 0 saturated carbocycles. The molecule has 0 aliphatic carbocycles. The summed E-state index contributed by atoms with van der Waals surface area (Å²) in [6.45, 7) is 2.39. The zero-order valence-electron chi connectivity index (χ0n) is 17.3. The molecule has 106 valence electrons. The number of anilines is 3. The molecular formula is C15H16N2ORa7. The molecule has 25 heavy (non-hydrogen) atoms. The van der Waals surface area contributed by atoms with E-state index in [1.54, 1.807) is 25.6 Å². The Hall–Kier alpha value is 8.11. The van der Waals surface area contributed by atoms with Crippen LogP contribution in [0.5, 0.6) is 11.5 Å². The molecule has 10 heteroatoms. The Bertz CT molecular complexity index is 914. The SMILES string of the molecule is Cc1[c]([RaH])[c]([RaH])c2c([c]1[RaH])Oc1[c]([RaH])c(N(C)C)[c]([RaH])[c]([RaH])c1[N]2[RaH]. The molecule has 0 aromatic heterocycles. The molecule has 0 fully saturated rings. The molecule has 1 aliphatic rings. The summed E-state index contributed by atoms with van der Waals surface area (Å²) in [5, 5.41) is 0. The predicted octanol–water partition coefficient (Wildman–Crippen LogP) is -3.06. The van der Waals surface area contributed by atoms with E-state index >= 15 is 0 Å². The van der Waals surface area contributed by atoms with Gasteiger partial charge in [0.2, 0.25) is 0 Å². The van der Waals surface area contributed by atoms with Gasteiger partial charge in [-0.2, -0.15) is 0 Å². The van der Waals surface area contributed by atoms with Crippen molar-refractivity contribution in [3.63, 3.8) is 0 Å². The quantitative estimate of drug-likeness (QED) is 0.303. The van der Waals surface area contributed by atoms with Crippen LogP contribution in [0.25, 0.3) is 0 Å². The van der Waals surface area contributed by atoms with Gasteiger partial charge in [-0.25, -0.2) is 0 Å². The van der Waals surface area contributed by atoms with Crippen LogP contribution in [0.3, 0.4) is 0 Å². The van der Waals surface area contributed by atoms with Gasteiger partial charge in [-0.1, -0.05) is 0 Å². The Morgan fingerprint density at radius 1 is 0.720 bits per heavy atom. The zero-order chi connectivity index (χ0) is 18.8. The number of ether oxygens (including phenoxy) is 1. The topological polar surface area (TPSA) is 15.7 Å². The van der Waals surface area contributed by atoms with E-state index in [0.29, 0.717) is 214 Å². The fraction of sp³-hybridized carbons (Fsp3) is 0.200. The molecule has 1 aliphatic heterocycles. The van der Waals surface area contributed by atoms with Crippen molar-refractivity contribution in [1.29, 1.82) is 0 Å². The van der Waals surface area contributed by atoms with Crippen LogP contribution in [0, 0.1) is 307 Å². The average Bonchev–Trinajstić information content (AvgIpc) is 2.55. The molecule has 3 nitrogen and oxygen atoms in total. The third-order valence-electron chi connectivity index (χ3n) is 6.10. The number of fused-ring (bicyclic) bond motifs is 2. The van der Waals surface area contributed by atoms with Gasteiger partial charge in [-0.15, -0.1) is 0 Å². The molecule has 3 rings (SSSR count). The predicted molar refractivity (Wildman–Crippen MR) is 81.7 cm³/mol. The molecule has 2 aromatic rings. The average molecular weight is 1820 g/mol. The summed E-state index contributed by atoms with van der Waals surface area (Å²) in [5.41, 5.74) is 6.45. The third kappa shape index (κ3) is 5.60. The van der Waals surface area contributed by atoms with E-state index in [9.17, 15) is 0 Å². The number of hydrogen-bond donors (Lipinski definition) is 0. The van der Waals surface area contributed by atoms with Gasteiger partial charge in [-0.05, 0) is 0 Å². The second-order valence-electron chi connectivity index (χ2n) is 7.63. The number of nitrogens with zero attached hydrogens (tertiary/aromatic N) is 2. The van der Waals surface area contributed by atoms with Crippen molar-refractivity contribution in [2.75, 3.05) is 19.4 Å². The molecule has 0 amide bonds. The van der Waals surface area contributed by atoms with Crippen LogP contribution in [-0.2, 0) is 0 Å². The maximum absolute atomic E-state index is 6.86. The van der Waals surface area contributed by atoms with Gasteiger partial charge in [0, 0.05) is 0 Å². The van der Waals surface area contributed by atoms with E-state index in [0.717, 1.165) is 0 Å². The van der Waals surface area contributed by atoms with E-state index in [4.69, 9.17) is 4.74 Å². The van der Waals surface area contributed by atoms with Gasteiger partial charge in [0.15, 0.2) is 0 Å². The van der Waals surface area contributed by atoms with E-state index in [-0.39, 0.29) is 86.0 Å².